The van der Waals surface area contributed by atoms with Crippen molar-refractivity contribution in [2.24, 2.45) is 4.99 Å². The van der Waals surface area contributed by atoms with Crippen LogP contribution in [0.1, 0.15) is 52.8 Å². The van der Waals surface area contributed by atoms with Crippen LogP contribution in [0, 0.1) is 5.41 Å². The molecular weight excluding hydrogens is 302 g/mol. The van der Waals surface area contributed by atoms with E-state index in [0.717, 1.165) is 17.3 Å². The number of nitrogens with one attached hydrogen (secondary N) is 1. The fourth-order valence-electron chi connectivity index (χ4n) is 2.56. The lowest BCUT2D eigenvalue weighted by Crippen LogP contribution is -2.28. The van der Waals surface area contributed by atoms with Gasteiger partial charge in [0.25, 0.3) is 0 Å². The van der Waals surface area contributed by atoms with Crippen molar-refractivity contribution in [1.29, 1.82) is 5.41 Å². The maximum absolute atomic E-state index is 12.7. The Morgan fingerprint density at radius 2 is 1.92 bits per heavy atom. The Labute approximate surface area is 142 Å². The van der Waals surface area contributed by atoms with E-state index < -0.39 is 11.7 Å². The van der Waals surface area contributed by atoms with Gasteiger partial charge in [-0.2, -0.15) is 0 Å². The van der Waals surface area contributed by atoms with Gasteiger partial charge in [0.05, 0.1) is 16.9 Å². The smallest absolute Gasteiger partial charge is 0.419 e. The van der Waals surface area contributed by atoms with Gasteiger partial charge in [0.1, 0.15) is 11.4 Å². The molecule has 2 aromatic rings. The summed E-state index contributed by atoms with van der Waals surface area (Å²) in [6.45, 7) is 11.0. The van der Waals surface area contributed by atoms with Crippen LogP contribution in [0.4, 0.5) is 4.79 Å². The predicted molar refractivity (Wildman–Crippen MR) is 98.6 cm³/mol. The van der Waals surface area contributed by atoms with Crippen LogP contribution in [-0.2, 0) is 11.2 Å². The van der Waals surface area contributed by atoms with Gasteiger partial charge >= 0.3 is 6.09 Å². The molecule has 0 atom stereocenters. The molecule has 0 saturated heterocycles. The minimum absolute atomic E-state index is 0.197. The van der Waals surface area contributed by atoms with Gasteiger partial charge in [0.2, 0.25) is 0 Å². The maximum atomic E-state index is 12.7. The highest BCUT2D eigenvalue weighted by atomic mass is 16.6. The number of fused-ring (bicyclic) bond motifs is 1. The summed E-state index contributed by atoms with van der Waals surface area (Å²) in [5.41, 5.74) is 2.67. The second-order valence-electron chi connectivity index (χ2n) is 6.87. The van der Waals surface area contributed by atoms with Crippen LogP contribution >= 0.6 is 0 Å². The summed E-state index contributed by atoms with van der Waals surface area (Å²) in [6.07, 6.45) is 0.490. The first kappa shape index (κ1) is 17.9. The summed E-state index contributed by atoms with van der Waals surface area (Å²) in [7, 11) is 0. The van der Waals surface area contributed by atoms with E-state index in [1.54, 1.807) is 18.4 Å². The van der Waals surface area contributed by atoms with Crippen LogP contribution in [0.15, 0.2) is 29.3 Å². The molecule has 5 heteroatoms. The molecule has 0 unspecified atom stereocenters. The van der Waals surface area contributed by atoms with Gasteiger partial charge in [0.15, 0.2) is 0 Å². The van der Waals surface area contributed by atoms with Crippen LogP contribution in [-0.4, -0.2) is 27.8 Å². The Morgan fingerprint density at radius 3 is 2.46 bits per heavy atom. The minimum Gasteiger partial charge on any atom is -0.443 e. The molecule has 0 aliphatic heterocycles. The summed E-state index contributed by atoms with van der Waals surface area (Å²) in [4.78, 5) is 16.9. The highest BCUT2D eigenvalue weighted by molar-refractivity contribution is 6.09. The van der Waals surface area contributed by atoms with Crippen LogP contribution < -0.4 is 0 Å². The fourth-order valence-corrected chi connectivity index (χ4v) is 2.56. The highest BCUT2D eigenvalue weighted by Crippen LogP contribution is 2.24. The number of aromatic nitrogens is 1. The van der Waals surface area contributed by atoms with Crippen LogP contribution in [0.2, 0.25) is 0 Å². The zero-order chi connectivity index (χ0) is 18.1. The largest absolute Gasteiger partial charge is 0.443 e. The van der Waals surface area contributed by atoms with Crippen LogP contribution in [0.5, 0.6) is 0 Å². The number of hydrogen-bond donors (Lipinski definition) is 1. The third kappa shape index (κ3) is 3.91. The summed E-state index contributed by atoms with van der Waals surface area (Å²) in [6, 6.07) is 7.96. The van der Waals surface area contributed by atoms with Crippen molar-refractivity contribution in [3.63, 3.8) is 0 Å². The standard InChI is InChI=1S/C19H25N3O2/c1-7-14-8-9-16-15(10-14)11-17(12(2)21-13(3)20)22(16)18(23)24-19(4,5)6/h8-11,20H,7H2,1-6H3. The summed E-state index contributed by atoms with van der Waals surface area (Å²) in [5.74, 6) is 0.197. The number of benzene rings is 1. The average Bonchev–Trinajstić information content (AvgIpc) is 2.83. The Bertz CT molecular complexity index is 823. The molecule has 1 N–H and O–H groups in total. The molecular formula is C19H25N3O2. The quantitative estimate of drug-likeness (QED) is 0.636. The molecule has 24 heavy (non-hydrogen) atoms. The molecule has 0 radical (unpaired) electrons. The van der Waals surface area contributed by atoms with Crippen molar-refractivity contribution >= 4 is 28.5 Å². The Morgan fingerprint density at radius 1 is 1.25 bits per heavy atom. The molecule has 2 rings (SSSR count). The second-order valence-corrected chi connectivity index (χ2v) is 6.87. The van der Waals surface area contributed by atoms with Gasteiger partial charge < -0.3 is 4.74 Å². The molecule has 0 fully saturated rings. The minimum atomic E-state index is -0.586. The number of hydrogen-bond acceptors (Lipinski definition) is 3. The number of carbonyl (C=O) groups excluding carboxylic acids is 1. The molecule has 1 aromatic carbocycles. The van der Waals surface area contributed by atoms with E-state index >= 15 is 0 Å². The second kappa shape index (κ2) is 6.59. The van der Waals surface area contributed by atoms with Crippen molar-refractivity contribution in [3.05, 3.63) is 35.5 Å². The van der Waals surface area contributed by atoms with Gasteiger partial charge in [0, 0.05) is 5.39 Å². The van der Waals surface area contributed by atoms with Crippen molar-refractivity contribution in [1.82, 2.24) is 4.57 Å². The molecule has 1 heterocycles. The Hall–Kier alpha value is -2.43. The fraction of sp³-hybridized carbons (Fsp3) is 0.421. The predicted octanol–water partition coefficient (Wildman–Crippen LogP) is 4.79. The first-order chi connectivity index (χ1) is 11.1. The molecule has 5 nitrogen and oxygen atoms in total. The monoisotopic (exact) mass is 327 g/mol. The lowest BCUT2D eigenvalue weighted by atomic mass is 10.1. The number of amidine groups is 1. The van der Waals surface area contributed by atoms with E-state index in [9.17, 15) is 4.79 Å². The lowest BCUT2D eigenvalue weighted by molar-refractivity contribution is 0.0543. The molecule has 1 aromatic heterocycles. The maximum Gasteiger partial charge on any atom is 0.419 e. The number of carbonyl (C=O) groups is 1. The zero-order valence-corrected chi connectivity index (χ0v) is 15.2. The Balaban J connectivity index is 2.68. The van der Waals surface area contributed by atoms with E-state index in [-0.39, 0.29) is 5.84 Å². The van der Waals surface area contributed by atoms with E-state index in [4.69, 9.17) is 10.1 Å². The molecule has 128 valence electrons. The van der Waals surface area contributed by atoms with E-state index in [0.29, 0.717) is 11.4 Å². The van der Waals surface area contributed by atoms with Gasteiger partial charge in [-0.15, -0.1) is 0 Å². The van der Waals surface area contributed by atoms with Crippen molar-refractivity contribution < 1.29 is 9.53 Å². The summed E-state index contributed by atoms with van der Waals surface area (Å²) >= 11 is 0. The number of aliphatic imine (C=N–C) groups is 1. The van der Waals surface area contributed by atoms with E-state index in [2.05, 4.69) is 18.0 Å². The third-order valence-electron chi connectivity index (χ3n) is 3.56. The normalized spacial score (nSPS) is 12.5. The Kier molecular flexibility index (Phi) is 4.92. The van der Waals surface area contributed by atoms with Crippen molar-refractivity contribution in [2.75, 3.05) is 0 Å². The van der Waals surface area contributed by atoms with E-state index in [1.807, 2.05) is 39.0 Å². The van der Waals surface area contributed by atoms with Gasteiger partial charge in [-0.05, 0) is 64.8 Å². The first-order valence-corrected chi connectivity index (χ1v) is 8.11. The van der Waals surface area contributed by atoms with Crippen molar-refractivity contribution in [2.45, 2.75) is 53.6 Å². The highest BCUT2D eigenvalue weighted by Gasteiger charge is 2.23. The number of nitrogens with zero attached hydrogens (tertiary/aromatic N) is 2. The topological polar surface area (TPSA) is 67.4 Å². The first-order valence-electron chi connectivity index (χ1n) is 8.11. The van der Waals surface area contributed by atoms with Crippen molar-refractivity contribution in [3.8, 4) is 0 Å². The molecule has 0 bridgehead atoms. The van der Waals surface area contributed by atoms with Gasteiger partial charge in [-0.25, -0.2) is 14.4 Å². The molecule has 0 spiro atoms. The molecule has 0 aliphatic carbocycles. The molecule has 0 saturated carbocycles. The summed E-state index contributed by atoms with van der Waals surface area (Å²) < 4.78 is 7.10. The lowest BCUT2D eigenvalue weighted by Gasteiger charge is -2.21. The molecule has 0 amide bonds. The van der Waals surface area contributed by atoms with Crippen LogP contribution in [0.3, 0.4) is 0 Å². The number of ether oxygens (including phenoxy) is 1. The average molecular weight is 327 g/mol. The third-order valence-corrected chi connectivity index (χ3v) is 3.56. The number of aryl methyl sites for hydroxylation is 1. The zero-order valence-electron chi connectivity index (χ0n) is 15.2. The SMILES string of the molecule is CCc1ccc2c(c1)cc(C(C)=NC(C)=N)n2C(=O)OC(C)(C)C. The van der Waals surface area contributed by atoms with Gasteiger partial charge in [-0.1, -0.05) is 13.0 Å². The van der Waals surface area contributed by atoms with E-state index in [1.165, 1.54) is 5.56 Å². The van der Waals surface area contributed by atoms with Crippen LogP contribution in [0.25, 0.3) is 10.9 Å². The van der Waals surface area contributed by atoms with Gasteiger partial charge in [-0.3, -0.25) is 5.41 Å². The number of rotatable bonds is 2. The molecule has 0 aliphatic rings. The summed E-state index contributed by atoms with van der Waals surface area (Å²) in [5, 5.41) is 8.55.